The number of piperidine rings is 1. The van der Waals surface area contributed by atoms with Gasteiger partial charge in [-0.25, -0.2) is 12.8 Å². The fourth-order valence-corrected chi connectivity index (χ4v) is 5.51. The van der Waals surface area contributed by atoms with E-state index in [-0.39, 0.29) is 27.9 Å². The quantitative estimate of drug-likeness (QED) is 0.788. The number of hydrogen-bond acceptors (Lipinski definition) is 4. The van der Waals surface area contributed by atoms with Crippen molar-refractivity contribution < 1.29 is 17.6 Å². The van der Waals surface area contributed by atoms with Crippen LogP contribution in [0.2, 0.25) is 0 Å². The van der Waals surface area contributed by atoms with Crippen molar-refractivity contribution in [2.75, 3.05) is 13.1 Å². The van der Waals surface area contributed by atoms with Gasteiger partial charge in [-0.05, 0) is 48.6 Å². The van der Waals surface area contributed by atoms with Crippen molar-refractivity contribution >= 4 is 15.9 Å². The standard InChI is InChI=1S/C22H24FN3O3S/c1-15-11-16(2)14-26(13-15)30(28,29)18-9-7-17(8-10-18)22(27)25-21(12-24)19-5-3-4-6-20(19)23/h3-10,15-16,21H,11,13-14H2,1-2H3,(H,25,27). The number of rotatable bonds is 5. The molecule has 3 rings (SSSR count). The second-order valence-electron chi connectivity index (χ2n) is 7.85. The largest absolute Gasteiger partial charge is 0.332 e. The Labute approximate surface area is 176 Å². The zero-order chi connectivity index (χ0) is 21.9. The summed E-state index contributed by atoms with van der Waals surface area (Å²) in [6.45, 7) is 5.02. The van der Waals surface area contributed by atoms with E-state index < -0.39 is 27.8 Å². The lowest BCUT2D eigenvalue weighted by atomic mass is 9.94. The van der Waals surface area contributed by atoms with E-state index in [1.807, 2.05) is 19.9 Å². The van der Waals surface area contributed by atoms with E-state index in [1.165, 1.54) is 46.8 Å². The number of carbonyl (C=O) groups is 1. The average molecular weight is 430 g/mol. The van der Waals surface area contributed by atoms with Crippen molar-refractivity contribution in [3.8, 4) is 6.07 Å². The van der Waals surface area contributed by atoms with Crippen molar-refractivity contribution in [3.63, 3.8) is 0 Å². The highest BCUT2D eigenvalue weighted by molar-refractivity contribution is 7.89. The summed E-state index contributed by atoms with van der Waals surface area (Å²) in [6.07, 6.45) is 0.993. The third-order valence-electron chi connectivity index (χ3n) is 5.21. The number of nitrogens with one attached hydrogen (secondary N) is 1. The lowest BCUT2D eigenvalue weighted by Gasteiger charge is -2.34. The smallest absolute Gasteiger partial charge is 0.252 e. The molecule has 2 aromatic rings. The van der Waals surface area contributed by atoms with Crippen LogP contribution in [0.4, 0.5) is 4.39 Å². The molecular weight excluding hydrogens is 405 g/mol. The van der Waals surface area contributed by atoms with Gasteiger partial charge in [-0.15, -0.1) is 0 Å². The molecule has 1 N–H and O–H groups in total. The third kappa shape index (κ3) is 4.69. The zero-order valence-corrected chi connectivity index (χ0v) is 17.7. The molecule has 30 heavy (non-hydrogen) atoms. The van der Waals surface area contributed by atoms with Crippen LogP contribution in [0.5, 0.6) is 0 Å². The molecule has 8 heteroatoms. The molecule has 1 saturated heterocycles. The zero-order valence-electron chi connectivity index (χ0n) is 16.9. The molecule has 1 aliphatic heterocycles. The molecule has 3 unspecified atom stereocenters. The minimum Gasteiger partial charge on any atom is -0.332 e. The van der Waals surface area contributed by atoms with Crippen LogP contribution in [0.3, 0.4) is 0 Å². The highest BCUT2D eigenvalue weighted by Crippen LogP contribution is 2.27. The van der Waals surface area contributed by atoms with Gasteiger partial charge in [0.25, 0.3) is 5.91 Å². The molecule has 1 fully saturated rings. The number of nitriles is 1. The molecule has 1 heterocycles. The topological polar surface area (TPSA) is 90.3 Å². The molecule has 3 atom stereocenters. The molecule has 0 bridgehead atoms. The Balaban J connectivity index is 1.76. The normalized spacial score (nSPS) is 20.9. The predicted octanol–water partition coefficient (Wildman–Crippen LogP) is 3.49. The van der Waals surface area contributed by atoms with Crippen molar-refractivity contribution in [2.24, 2.45) is 11.8 Å². The van der Waals surface area contributed by atoms with Gasteiger partial charge in [-0.2, -0.15) is 9.57 Å². The first kappa shape index (κ1) is 21.9. The van der Waals surface area contributed by atoms with Crippen molar-refractivity contribution in [1.82, 2.24) is 9.62 Å². The van der Waals surface area contributed by atoms with Gasteiger partial charge in [0.05, 0.1) is 11.0 Å². The lowest BCUT2D eigenvalue weighted by molar-refractivity contribution is 0.0944. The fourth-order valence-electron chi connectivity index (χ4n) is 3.83. The minimum absolute atomic E-state index is 0.0703. The predicted molar refractivity (Wildman–Crippen MR) is 110 cm³/mol. The molecular formula is C22H24FN3O3S. The van der Waals surface area contributed by atoms with Crippen LogP contribution in [0, 0.1) is 29.0 Å². The summed E-state index contributed by atoms with van der Waals surface area (Å²) >= 11 is 0. The first-order chi connectivity index (χ1) is 14.2. The summed E-state index contributed by atoms with van der Waals surface area (Å²) in [5, 5.41) is 11.8. The van der Waals surface area contributed by atoms with Crippen LogP contribution in [0.1, 0.15) is 42.2 Å². The SMILES string of the molecule is CC1CC(C)CN(S(=O)(=O)c2ccc(C(=O)NC(C#N)c3ccccc3F)cc2)C1. The average Bonchev–Trinajstić information content (AvgIpc) is 2.72. The van der Waals surface area contributed by atoms with Crippen molar-refractivity contribution in [2.45, 2.75) is 31.2 Å². The first-order valence-electron chi connectivity index (χ1n) is 9.77. The summed E-state index contributed by atoms with van der Waals surface area (Å²) in [7, 11) is -3.65. The molecule has 158 valence electrons. The number of hydrogen-bond donors (Lipinski definition) is 1. The van der Waals surface area contributed by atoms with E-state index >= 15 is 0 Å². The van der Waals surface area contributed by atoms with Gasteiger partial charge in [0.2, 0.25) is 10.0 Å². The van der Waals surface area contributed by atoms with Gasteiger partial charge in [0.1, 0.15) is 11.9 Å². The first-order valence-corrected chi connectivity index (χ1v) is 11.2. The van der Waals surface area contributed by atoms with E-state index in [1.54, 1.807) is 6.07 Å². The number of amides is 1. The Hall–Kier alpha value is -2.76. The molecule has 1 aliphatic rings. The molecule has 1 amide bonds. The van der Waals surface area contributed by atoms with Gasteiger partial charge in [-0.3, -0.25) is 4.79 Å². The van der Waals surface area contributed by atoms with Crippen molar-refractivity contribution in [3.05, 3.63) is 65.5 Å². The maximum Gasteiger partial charge on any atom is 0.252 e. The summed E-state index contributed by atoms with van der Waals surface area (Å²) in [5.41, 5.74) is 0.256. The van der Waals surface area contributed by atoms with Crippen LogP contribution in [0.15, 0.2) is 53.4 Å². The van der Waals surface area contributed by atoms with E-state index in [9.17, 15) is 22.9 Å². The highest BCUT2D eigenvalue weighted by atomic mass is 32.2. The minimum atomic E-state index is -3.65. The molecule has 6 nitrogen and oxygen atoms in total. The Kier molecular flexibility index (Phi) is 6.54. The Bertz CT molecular complexity index is 1050. The number of nitrogens with zero attached hydrogens (tertiary/aromatic N) is 2. The van der Waals surface area contributed by atoms with Crippen molar-refractivity contribution in [1.29, 1.82) is 5.26 Å². The Morgan fingerprint density at radius 3 is 2.30 bits per heavy atom. The Morgan fingerprint density at radius 1 is 1.13 bits per heavy atom. The van der Waals surface area contributed by atoms with Crippen LogP contribution in [-0.2, 0) is 10.0 Å². The molecule has 0 aromatic heterocycles. The molecule has 0 radical (unpaired) electrons. The molecule has 0 spiro atoms. The van der Waals surface area contributed by atoms with E-state index in [2.05, 4.69) is 5.32 Å². The number of carbonyl (C=O) groups excluding carboxylic acids is 1. The van der Waals surface area contributed by atoms with E-state index in [0.717, 1.165) is 6.42 Å². The van der Waals surface area contributed by atoms with Gasteiger partial charge in [0, 0.05) is 24.2 Å². The second-order valence-corrected chi connectivity index (χ2v) is 9.79. The second kappa shape index (κ2) is 8.94. The van der Waals surface area contributed by atoms with Crippen LogP contribution in [0.25, 0.3) is 0 Å². The van der Waals surface area contributed by atoms with E-state index in [0.29, 0.717) is 13.1 Å². The maximum absolute atomic E-state index is 13.9. The van der Waals surface area contributed by atoms with Crippen LogP contribution in [-0.4, -0.2) is 31.7 Å². The number of halogens is 1. The van der Waals surface area contributed by atoms with Gasteiger partial charge < -0.3 is 5.32 Å². The van der Waals surface area contributed by atoms with Crippen LogP contribution < -0.4 is 5.32 Å². The fraction of sp³-hybridized carbons (Fsp3) is 0.364. The summed E-state index contributed by atoms with van der Waals surface area (Å²) in [5.74, 6) is -0.602. The van der Waals surface area contributed by atoms with Crippen LogP contribution >= 0.6 is 0 Å². The number of benzene rings is 2. The molecule has 0 aliphatic carbocycles. The Morgan fingerprint density at radius 2 is 1.73 bits per heavy atom. The molecule has 0 saturated carbocycles. The monoisotopic (exact) mass is 429 g/mol. The summed E-state index contributed by atoms with van der Waals surface area (Å²) in [6, 6.07) is 12.0. The van der Waals surface area contributed by atoms with Gasteiger partial charge >= 0.3 is 0 Å². The van der Waals surface area contributed by atoms with Gasteiger partial charge in [-0.1, -0.05) is 32.0 Å². The summed E-state index contributed by atoms with van der Waals surface area (Å²) in [4.78, 5) is 12.6. The maximum atomic E-state index is 13.9. The lowest BCUT2D eigenvalue weighted by Crippen LogP contribution is -2.42. The number of sulfonamides is 1. The summed E-state index contributed by atoms with van der Waals surface area (Å²) < 4.78 is 41.3. The third-order valence-corrected chi connectivity index (χ3v) is 7.06. The molecule has 2 aromatic carbocycles. The highest BCUT2D eigenvalue weighted by Gasteiger charge is 2.31. The van der Waals surface area contributed by atoms with E-state index in [4.69, 9.17) is 0 Å². The van der Waals surface area contributed by atoms with Gasteiger partial charge in [0.15, 0.2) is 0 Å².